The number of nitrogens with zero attached hydrogens (tertiary/aromatic N) is 2. The molecule has 1 aliphatic rings. The van der Waals surface area contributed by atoms with Crippen molar-refractivity contribution >= 4 is 11.6 Å². The first-order chi connectivity index (χ1) is 10.2. The minimum atomic E-state index is -0.335. The summed E-state index contributed by atoms with van der Waals surface area (Å²) in [5.41, 5.74) is 0.740. The summed E-state index contributed by atoms with van der Waals surface area (Å²) in [6.07, 6.45) is 5.04. The van der Waals surface area contributed by atoms with Gasteiger partial charge in [0.15, 0.2) is 0 Å². The quantitative estimate of drug-likeness (QED) is 0.712. The van der Waals surface area contributed by atoms with E-state index < -0.39 is 0 Å². The second-order valence-corrected chi connectivity index (χ2v) is 5.51. The highest BCUT2D eigenvalue weighted by Gasteiger charge is 2.33. The average Bonchev–Trinajstić information content (AvgIpc) is 2.54. The molecule has 0 saturated carbocycles. The van der Waals surface area contributed by atoms with Crippen LogP contribution in [0.5, 0.6) is 0 Å². The molecule has 0 spiro atoms. The van der Waals surface area contributed by atoms with Gasteiger partial charge < -0.3 is 20.5 Å². The van der Waals surface area contributed by atoms with Crippen LogP contribution in [-0.2, 0) is 11.2 Å². The van der Waals surface area contributed by atoms with E-state index in [1.165, 1.54) is 0 Å². The zero-order valence-electron chi connectivity index (χ0n) is 13.0. The highest BCUT2D eigenvalue weighted by Crippen LogP contribution is 2.28. The van der Waals surface area contributed by atoms with Crippen molar-refractivity contribution in [3.8, 4) is 0 Å². The van der Waals surface area contributed by atoms with Crippen molar-refractivity contribution in [1.29, 1.82) is 0 Å². The number of nitrogens with one attached hydrogen (secondary N) is 2. The van der Waals surface area contributed by atoms with Crippen LogP contribution in [0.2, 0.25) is 0 Å². The summed E-state index contributed by atoms with van der Waals surface area (Å²) in [6, 6.07) is 0. The van der Waals surface area contributed by atoms with Crippen molar-refractivity contribution in [2.45, 2.75) is 45.1 Å². The highest BCUT2D eigenvalue weighted by atomic mass is 16.5. The van der Waals surface area contributed by atoms with Crippen LogP contribution in [0.1, 0.15) is 38.7 Å². The second kappa shape index (κ2) is 7.56. The average molecular weight is 294 g/mol. The molecular weight excluding hydrogens is 268 g/mol. The van der Waals surface area contributed by atoms with Crippen molar-refractivity contribution in [3.63, 3.8) is 0 Å². The lowest BCUT2D eigenvalue weighted by molar-refractivity contribution is 0.0378. The fourth-order valence-electron chi connectivity index (χ4n) is 2.59. The fourth-order valence-corrected chi connectivity index (χ4v) is 2.59. The maximum Gasteiger partial charge on any atom is 0.135 e. The standard InChI is InChI=1S/C15H26N4O2/c1-3-7-16-13-12(4-2)14(18-11-17-13)19-15(10-20)5-8-21-9-6-15/h11,20H,3-10H2,1-2H3,(H2,16,17,18,19). The Morgan fingerprint density at radius 3 is 2.57 bits per heavy atom. The van der Waals surface area contributed by atoms with Gasteiger partial charge in [0.05, 0.1) is 12.1 Å². The molecule has 0 bridgehead atoms. The van der Waals surface area contributed by atoms with E-state index in [2.05, 4.69) is 34.4 Å². The van der Waals surface area contributed by atoms with Crippen molar-refractivity contribution in [3.05, 3.63) is 11.9 Å². The summed E-state index contributed by atoms with van der Waals surface area (Å²) in [6.45, 7) is 6.53. The first-order valence-electron chi connectivity index (χ1n) is 7.79. The van der Waals surface area contributed by atoms with Crippen molar-refractivity contribution < 1.29 is 9.84 Å². The van der Waals surface area contributed by atoms with Gasteiger partial charge in [0.2, 0.25) is 0 Å². The predicted octanol–water partition coefficient (Wildman–Crippen LogP) is 1.81. The number of hydrogen-bond acceptors (Lipinski definition) is 6. The zero-order chi connectivity index (χ0) is 15.1. The number of anilines is 2. The molecular formula is C15H26N4O2. The van der Waals surface area contributed by atoms with Gasteiger partial charge in [-0.3, -0.25) is 0 Å². The molecule has 0 aliphatic carbocycles. The number of aromatic nitrogens is 2. The molecule has 3 N–H and O–H groups in total. The normalized spacial score (nSPS) is 17.5. The van der Waals surface area contributed by atoms with Crippen molar-refractivity contribution in [2.24, 2.45) is 0 Å². The van der Waals surface area contributed by atoms with Crippen LogP contribution < -0.4 is 10.6 Å². The molecule has 21 heavy (non-hydrogen) atoms. The van der Waals surface area contributed by atoms with Crippen LogP contribution in [0.3, 0.4) is 0 Å². The molecule has 0 radical (unpaired) electrons. The molecule has 6 heteroatoms. The highest BCUT2D eigenvalue weighted by molar-refractivity contribution is 5.58. The Balaban J connectivity index is 2.21. The van der Waals surface area contributed by atoms with Gasteiger partial charge in [-0.15, -0.1) is 0 Å². The molecule has 1 fully saturated rings. The number of aliphatic hydroxyl groups excluding tert-OH is 1. The van der Waals surface area contributed by atoms with Crippen LogP contribution in [0, 0.1) is 0 Å². The summed E-state index contributed by atoms with van der Waals surface area (Å²) in [7, 11) is 0. The Labute approximate surface area is 126 Å². The molecule has 2 rings (SSSR count). The molecule has 0 atom stereocenters. The van der Waals surface area contributed by atoms with E-state index in [1.54, 1.807) is 6.33 Å². The molecule has 0 aromatic carbocycles. The van der Waals surface area contributed by atoms with Crippen LogP contribution >= 0.6 is 0 Å². The Hall–Kier alpha value is -1.40. The monoisotopic (exact) mass is 294 g/mol. The largest absolute Gasteiger partial charge is 0.394 e. The lowest BCUT2D eigenvalue weighted by atomic mass is 9.90. The SMILES string of the molecule is CCCNc1ncnc(NC2(CO)CCOCC2)c1CC. The lowest BCUT2D eigenvalue weighted by Crippen LogP contribution is -2.47. The van der Waals surface area contributed by atoms with Gasteiger partial charge in [-0.25, -0.2) is 9.97 Å². The molecule has 6 nitrogen and oxygen atoms in total. The van der Waals surface area contributed by atoms with Crippen LogP contribution in [0.15, 0.2) is 6.33 Å². The van der Waals surface area contributed by atoms with E-state index >= 15 is 0 Å². The summed E-state index contributed by atoms with van der Waals surface area (Å²) >= 11 is 0. The van der Waals surface area contributed by atoms with Crippen LogP contribution in [0.4, 0.5) is 11.6 Å². The Morgan fingerprint density at radius 2 is 1.95 bits per heavy atom. The van der Waals surface area contributed by atoms with E-state index in [1.807, 2.05) is 0 Å². The van der Waals surface area contributed by atoms with Gasteiger partial charge in [-0.1, -0.05) is 13.8 Å². The Kier molecular flexibility index (Phi) is 5.76. The molecule has 1 aromatic heterocycles. The first-order valence-corrected chi connectivity index (χ1v) is 7.79. The molecule has 0 unspecified atom stereocenters. The molecule has 118 valence electrons. The fraction of sp³-hybridized carbons (Fsp3) is 0.733. The molecule has 2 heterocycles. The van der Waals surface area contributed by atoms with Gasteiger partial charge in [0.1, 0.15) is 18.0 Å². The van der Waals surface area contributed by atoms with Crippen LogP contribution in [-0.4, -0.2) is 47.0 Å². The van der Waals surface area contributed by atoms with Gasteiger partial charge in [0, 0.05) is 25.3 Å². The lowest BCUT2D eigenvalue weighted by Gasteiger charge is -2.37. The third-order valence-electron chi connectivity index (χ3n) is 3.98. The first kappa shape index (κ1) is 16.0. The number of rotatable bonds is 7. The van der Waals surface area contributed by atoms with E-state index in [9.17, 15) is 5.11 Å². The van der Waals surface area contributed by atoms with Gasteiger partial charge in [-0.2, -0.15) is 0 Å². The topological polar surface area (TPSA) is 79.3 Å². The maximum atomic E-state index is 9.80. The van der Waals surface area contributed by atoms with E-state index in [0.29, 0.717) is 13.2 Å². The minimum absolute atomic E-state index is 0.0846. The van der Waals surface area contributed by atoms with Crippen LogP contribution in [0.25, 0.3) is 0 Å². The van der Waals surface area contributed by atoms with Gasteiger partial charge in [-0.05, 0) is 25.7 Å². The molecule has 1 saturated heterocycles. The predicted molar refractivity (Wildman–Crippen MR) is 83.7 cm³/mol. The second-order valence-electron chi connectivity index (χ2n) is 5.51. The van der Waals surface area contributed by atoms with Crippen molar-refractivity contribution in [2.75, 3.05) is 37.0 Å². The third kappa shape index (κ3) is 3.83. The summed E-state index contributed by atoms with van der Waals surface area (Å²) in [5.74, 6) is 1.71. The summed E-state index contributed by atoms with van der Waals surface area (Å²) < 4.78 is 5.40. The minimum Gasteiger partial charge on any atom is -0.394 e. The molecule has 1 aliphatic heterocycles. The van der Waals surface area contributed by atoms with Gasteiger partial charge in [0.25, 0.3) is 0 Å². The number of hydrogen-bond donors (Lipinski definition) is 3. The number of aliphatic hydroxyl groups is 1. The zero-order valence-corrected chi connectivity index (χ0v) is 13.0. The Bertz CT molecular complexity index is 447. The number of ether oxygens (including phenoxy) is 1. The maximum absolute atomic E-state index is 9.80. The smallest absolute Gasteiger partial charge is 0.135 e. The van der Waals surface area contributed by atoms with Gasteiger partial charge >= 0.3 is 0 Å². The Morgan fingerprint density at radius 1 is 1.24 bits per heavy atom. The van der Waals surface area contributed by atoms with E-state index in [-0.39, 0.29) is 12.1 Å². The third-order valence-corrected chi connectivity index (χ3v) is 3.98. The van der Waals surface area contributed by atoms with E-state index in [0.717, 1.165) is 49.4 Å². The molecule has 1 aromatic rings. The summed E-state index contributed by atoms with van der Waals surface area (Å²) in [5, 5.41) is 16.6. The van der Waals surface area contributed by atoms with E-state index in [4.69, 9.17) is 4.74 Å². The van der Waals surface area contributed by atoms with Crippen molar-refractivity contribution in [1.82, 2.24) is 9.97 Å². The summed E-state index contributed by atoms with van der Waals surface area (Å²) in [4.78, 5) is 8.73. The molecule has 0 amide bonds.